The first-order valence-corrected chi connectivity index (χ1v) is 15.2. The van der Waals surface area contributed by atoms with E-state index in [0.717, 1.165) is 12.1 Å². The average molecular weight is 663 g/mol. The molecule has 1 saturated heterocycles. The van der Waals surface area contributed by atoms with Crippen molar-refractivity contribution in [2.45, 2.75) is 50.5 Å². The van der Waals surface area contributed by atoms with Gasteiger partial charge in [-0.2, -0.15) is 18.3 Å². The number of halogens is 4. The first-order chi connectivity index (χ1) is 22.9. The van der Waals surface area contributed by atoms with Gasteiger partial charge in [0.15, 0.2) is 0 Å². The zero-order valence-corrected chi connectivity index (χ0v) is 25.6. The third-order valence-corrected chi connectivity index (χ3v) is 8.67. The van der Waals surface area contributed by atoms with Crippen LogP contribution in [0.1, 0.15) is 58.4 Å². The maximum Gasteiger partial charge on any atom is 0.416 e. The summed E-state index contributed by atoms with van der Waals surface area (Å²) in [6.07, 6.45) is -4.41. The van der Waals surface area contributed by atoms with Crippen molar-refractivity contribution < 1.29 is 36.7 Å². The number of anilines is 1. The van der Waals surface area contributed by atoms with Crippen LogP contribution < -0.4 is 16.0 Å². The van der Waals surface area contributed by atoms with Crippen LogP contribution in [0.2, 0.25) is 0 Å². The number of likely N-dealkylation sites (tertiary alicyclic amines) is 1. The molecule has 2 aliphatic rings. The van der Waals surface area contributed by atoms with Gasteiger partial charge in [0.1, 0.15) is 23.7 Å². The van der Waals surface area contributed by atoms with Crippen LogP contribution in [0.15, 0.2) is 78.9 Å². The van der Waals surface area contributed by atoms with E-state index in [1.807, 2.05) is 0 Å². The number of carbonyl (C=O) groups is 4. The van der Waals surface area contributed by atoms with Crippen molar-refractivity contribution in [3.8, 4) is 5.69 Å². The van der Waals surface area contributed by atoms with Crippen LogP contribution in [0, 0.1) is 5.82 Å². The van der Waals surface area contributed by atoms with E-state index in [9.17, 15) is 36.7 Å². The van der Waals surface area contributed by atoms with E-state index in [1.165, 1.54) is 44.8 Å². The summed E-state index contributed by atoms with van der Waals surface area (Å²) in [5.41, 5.74) is 5.93. The van der Waals surface area contributed by atoms with Gasteiger partial charge in [0, 0.05) is 30.0 Å². The molecule has 3 N–H and O–H groups in total. The predicted molar refractivity (Wildman–Crippen MR) is 165 cm³/mol. The summed E-state index contributed by atoms with van der Waals surface area (Å²) >= 11 is 0. The molecular formula is C34H30F4N6O4. The topological polar surface area (TPSA) is 131 Å². The number of primary amides is 1. The highest BCUT2D eigenvalue weighted by molar-refractivity contribution is 6.05. The third kappa shape index (κ3) is 5.89. The molecule has 0 bridgehead atoms. The summed E-state index contributed by atoms with van der Waals surface area (Å²) in [5, 5.41) is 7.51. The van der Waals surface area contributed by atoms with E-state index in [-0.39, 0.29) is 43.1 Å². The number of nitrogens with two attached hydrogens (primary N) is 1. The number of amides is 4. The van der Waals surface area contributed by atoms with E-state index in [0.29, 0.717) is 28.7 Å². The number of alkyl halides is 3. The minimum absolute atomic E-state index is 0.0891. The van der Waals surface area contributed by atoms with Gasteiger partial charge in [0.2, 0.25) is 11.8 Å². The minimum atomic E-state index is -4.71. The van der Waals surface area contributed by atoms with Crippen LogP contribution >= 0.6 is 0 Å². The summed E-state index contributed by atoms with van der Waals surface area (Å²) in [5.74, 6) is -3.82. The molecule has 1 fully saturated rings. The maximum absolute atomic E-state index is 14.4. The number of hydrogen-bond donors (Lipinski definition) is 2. The molecule has 0 spiro atoms. The van der Waals surface area contributed by atoms with Crippen LogP contribution in [0.3, 0.4) is 0 Å². The Hall–Kier alpha value is -5.53. The van der Waals surface area contributed by atoms with Crippen LogP contribution in [0.25, 0.3) is 5.69 Å². The highest BCUT2D eigenvalue weighted by Gasteiger charge is 2.47. The van der Waals surface area contributed by atoms with E-state index in [2.05, 4.69) is 5.32 Å². The Kier molecular flexibility index (Phi) is 8.50. The smallest absolute Gasteiger partial charge is 0.368 e. The summed E-state index contributed by atoms with van der Waals surface area (Å²) in [6, 6.07) is 15.7. The van der Waals surface area contributed by atoms with Crippen molar-refractivity contribution in [1.29, 1.82) is 0 Å². The number of aromatic nitrogens is 2. The average Bonchev–Trinajstić information content (AvgIpc) is 3.62. The van der Waals surface area contributed by atoms with Gasteiger partial charge >= 0.3 is 6.18 Å². The van der Waals surface area contributed by atoms with E-state index >= 15 is 0 Å². The molecule has 4 aromatic rings. The van der Waals surface area contributed by atoms with Gasteiger partial charge in [-0.15, -0.1) is 0 Å². The van der Waals surface area contributed by atoms with Crippen molar-refractivity contribution in [3.05, 3.63) is 113 Å². The van der Waals surface area contributed by atoms with Gasteiger partial charge in [-0.25, -0.2) is 9.07 Å². The lowest BCUT2D eigenvalue weighted by Crippen LogP contribution is -2.55. The standard InChI is InChI=1S/C34H30F4N6O4/c1-2-42-32-28(24(41-44(32)23-9-4-3-5-10-23)18-43-25(30(39)46)15-16-26(43)45)27(19-11-13-22(35)14-12-19)29(33(42)48)40-31(47)20-7-6-8-21(17-20)34(36,37)38/h3-14,17,25,27,29H,2,15-16,18H2,1H3,(H2,39,46)(H,40,47)/t25-,27-,29-/m0/s1. The Labute approximate surface area is 272 Å². The third-order valence-electron chi connectivity index (χ3n) is 8.67. The van der Waals surface area contributed by atoms with Gasteiger partial charge in [-0.1, -0.05) is 36.4 Å². The van der Waals surface area contributed by atoms with Crippen LogP contribution in [-0.4, -0.2) is 56.9 Å². The van der Waals surface area contributed by atoms with Crippen molar-refractivity contribution in [3.63, 3.8) is 0 Å². The zero-order valence-electron chi connectivity index (χ0n) is 25.6. The molecular weight excluding hydrogens is 632 g/mol. The van der Waals surface area contributed by atoms with E-state index in [1.54, 1.807) is 37.3 Å². The van der Waals surface area contributed by atoms with E-state index in [4.69, 9.17) is 10.8 Å². The minimum Gasteiger partial charge on any atom is -0.368 e. The lowest BCUT2D eigenvalue weighted by atomic mass is 9.80. The Bertz CT molecular complexity index is 1890. The first-order valence-electron chi connectivity index (χ1n) is 15.2. The number of nitrogens with one attached hydrogen (secondary N) is 1. The number of fused-ring (bicyclic) bond motifs is 1. The normalized spacial score (nSPS) is 19.4. The molecule has 2 aliphatic heterocycles. The number of benzene rings is 3. The van der Waals surface area contributed by atoms with Crippen LogP contribution in [0.5, 0.6) is 0 Å². The largest absolute Gasteiger partial charge is 0.416 e. The monoisotopic (exact) mass is 662 g/mol. The van der Waals surface area contributed by atoms with Crippen LogP contribution in [0.4, 0.5) is 23.4 Å². The molecule has 3 heterocycles. The fourth-order valence-corrected chi connectivity index (χ4v) is 6.42. The molecule has 6 rings (SSSR count). The number of para-hydroxylation sites is 1. The quantitative estimate of drug-likeness (QED) is 0.272. The lowest BCUT2D eigenvalue weighted by Gasteiger charge is -2.38. The molecule has 14 heteroatoms. The molecule has 248 valence electrons. The van der Waals surface area contributed by atoms with Crippen LogP contribution in [-0.2, 0) is 27.1 Å². The molecule has 0 radical (unpaired) electrons. The van der Waals surface area contributed by atoms with Gasteiger partial charge in [-0.05, 0) is 61.4 Å². The summed E-state index contributed by atoms with van der Waals surface area (Å²) in [4.78, 5) is 56.0. The second kappa shape index (κ2) is 12.6. The Morgan fingerprint density at radius 1 is 1.00 bits per heavy atom. The Morgan fingerprint density at radius 2 is 1.71 bits per heavy atom. The summed E-state index contributed by atoms with van der Waals surface area (Å²) in [7, 11) is 0. The highest BCUT2D eigenvalue weighted by atomic mass is 19.4. The first kappa shape index (κ1) is 32.4. The molecule has 3 atom stereocenters. The van der Waals surface area contributed by atoms with Crippen molar-refractivity contribution in [1.82, 2.24) is 20.0 Å². The highest BCUT2D eigenvalue weighted by Crippen LogP contribution is 2.44. The number of carbonyl (C=O) groups excluding carboxylic acids is 4. The number of likely N-dealkylation sites (N-methyl/N-ethyl adjacent to an activating group) is 1. The summed E-state index contributed by atoms with van der Waals surface area (Å²) < 4.78 is 56.2. The SMILES string of the molecule is CCN1C(=O)[C@@H](NC(=O)c2cccc(C(F)(F)F)c2)[C@@H](c2ccc(F)cc2)c2c(CN3C(=O)CC[C@H]3C(N)=O)nn(-c3ccccc3)c21. The molecule has 0 unspecified atom stereocenters. The van der Waals surface area contributed by atoms with Gasteiger partial charge < -0.3 is 16.0 Å². The molecule has 10 nitrogen and oxygen atoms in total. The van der Waals surface area contributed by atoms with E-state index < -0.39 is 53.3 Å². The zero-order chi connectivity index (χ0) is 34.3. The Balaban J connectivity index is 1.55. The van der Waals surface area contributed by atoms with Crippen molar-refractivity contribution in [2.24, 2.45) is 5.73 Å². The number of hydrogen-bond acceptors (Lipinski definition) is 5. The Morgan fingerprint density at radius 3 is 2.35 bits per heavy atom. The molecule has 0 aliphatic carbocycles. The number of nitrogens with zero attached hydrogens (tertiary/aromatic N) is 4. The summed E-state index contributed by atoms with van der Waals surface area (Å²) in [6.45, 7) is 1.63. The second-order valence-electron chi connectivity index (χ2n) is 11.6. The molecule has 48 heavy (non-hydrogen) atoms. The fraction of sp³-hybridized carbons (Fsp3) is 0.265. The predicted octanol–water partition coefficient (Wildman–Crippen LogP) is 4.30. The lowest BCUT2D eigenvalue weighted by molar-refractivity contribution is -0.137. The van der Waals surface area contributed by atoms with Gasteiger partial charge in [-0.3, -0.25) is 24.1 Å². The van der Waals surface area contributed by atoms with Crippen molar-refractivity contribution >= 4 is 29.4 Å². The van der Waals surface area contributed by atoms with Gasteiger partial charge in [0.25, 0.3) is 11.8 Å². The molecule has 1 aromatic heterocycles. The number of rotatable bonds is 8. The van der Waals surface area contributed by atoms with Gasteiger partial charge in [0.05, 0.1) is 23.5 Å². The molecule has 3 aromatic carbocycles. The second-order valence-corrected chi connectivity index (χ2v) is 11.6. The van der Waals surface area contributed by atoms with Crippen molar-refractivity contribution in [2.75, 3.05) is 11.4 Å². The molecule has 4 amide bonds. The maximum atomic E-state index is 14.4. The molecule has 0 saturated carbocycles. The fourth-order valence-electron chi connectivity index (χ4n) is 6.42.